The van der Waals surface area contributed by atoms with Crippen molar-refractivity contribution in [1.29, 1.82) is 0 Å². The van der Waals surface area contributed by atoms with Gasteiger partial charge in [0, 0.05) is 19.4 Å². The number of rotatable bonds is 14. The molecule has 35 heavy (non-hydrogen) atoms. The van der Waals surface area contributed by atoms with Crippen LogP contribution < -0.4 is 0 Å². The molecule has 1 rings (SSSR count). The van der Waals surface area contributed by atoms with Gasteiger partial charge in [-0.1, -0.05) is 0 Å². The first-order chi connectivity index (χ1) is 16.4. The number of ether oxygens (including phenoxy) is 3. The lowest BCUT2D eigenvalue weighted by Crippen LogP contribution is -2.59. The summed E-state index contributed by atoms with van der Waals surface area (Å²) in [5.74, 6) is -4.12. The van der Waals surface area contributed by atoms with Crippen molar-refractivity contribution in [3.05, 3.63) is 23.0 Å². The van der Waals surface area contributed by atoms with E-state index in [-0.39, 0.29) is 6.42 Å². The molecule has 9 unspecified atom stereocenters. The summed E-state index contributed by atoms with van der Waals surface area (Å²) in [6.45, 7) is -1.88. The molecule has 0 aliphatic carbocycles. The van der Waals surface area contributed by atoms with Crippen LogP contribution in [-0.2, 0) is 17.3 Å². The molecule has 0 saturated carbocycles. The van der Waals surface area contributed by atoms with Crippen LogP contribution in [0.25, 0.3) is 0 Å². The van der Waals surface area contributed by atoms with Gasteiger partial charge in [0.1, 0.15) is 59.6 Å². The molecule has 206 valence electrons. The Hall–Kier alpha value is -1.07. The van der Waals surface area contributed by atoms with E-state index >= 15 is 0 Å². The summed E-state index contributed by atoms with van der Waals surface area (Å²) in [5.41, 5.74) is 0. The van der Waals surface area contributed by atoms with Gasteiger partial charge in [-0.3, -0.25) is 3.07 Å². The van der Waals surface area contributed by atoms with Gasteiger partial charge in [-0.2, -0.15) is 0 Å². The summed E-state index contributed by atoms with van der Waals surface area (Å²) in [6.07, 6.45) is -17.2. The lowest BCUT2D eigenvalue weighted by molar-refractivity contribution is -0.297. The molecule has 17 heteroatoms. The Morgan fingerprint density at radius 1 is 0.800 bits per heavy atom. The highest BCUT2D eigenvalue weighted by Gasteiger charge is 2.45. The molecule has 1 saturated heterocycles. The van der Waals surface area contributed by atoms with Crippen molar-refractivity contribution in [2.75, 3.05) is 19.8 Å². The van der Waals surface area contributed by atoms with Crippen LogP contribution in [0.15, 0.2) is 23.0 Å². The van der Waals surface area contributed by atoms with Crippen LogP contribution in [0.4, 0.5) is 0 Å². The first-order valence-corrected chi connectivity index (χ1v) is 11.0. The van der Waals surface area contributed by atoms with E-state index in [9.17, 15) is 56.2 Å². The van der Waals surface area contributed by atoms with Crippen LogP contribution in [0, 0.1) is 0 Å². The molecule has 16 nitrogen and oxygen atoms in total. The Bertz CT molecular complexity index is 702. The highest BCUT2D eigenvalue weighted by Crippen LogP contribution is 2.27. The number of aliphatic hydroxyl groups is 12. The first kappa shape index (κ1) is 32.0. The maximum Gasteiger partial charge on any atom is 0.229 e. The summed E-state index contributed by atoms with van der Waals surface area (Å²) in [4.78, 5) is 0. The molecule has 0 amide bonds. The van der Waals surface area contributed by atoms with Crippen molar-refractivity contribution in [2.24, 2.45) is 0 Å². The minimum atomic E-state index is -2.14. The second kappa shape index (κ2) is 15.2. The molecule has 1 heterocycles. The third kappa shape index (κ3) is 8.77. The van der Waals surface area contributed by atoms with Gasteiger partial charge in [-0.15, -0.1) is 0 Å². The summed E-state index contributed by atoms with van der Waals surface area (Å²) in [5, 5.41) is 117. The SMILES string of the molecule is OCCC(O)/C(O)=C(/O)C(O)OCCC(O)/C(O)=C(\OC1OC(CO)C(O)C(O)C1O)C(O)OI. The topological polar surface area (TPSA) is 280 Å². The van der Waals surface area contributed by atoms with E-state index in [1.54, 1.807) is 0 Å². The van der Waals surface area contributed by atoms with Gasteiger partial charge in [0.25, 0.3) is 0 Å². The van der Waals surface area contributed by atoms with Crippen molar-refractivity contribution in [2.45, 2.75) is 68.3 Å². The van der Waals surface area contributed by atoms with Crippen LogP contribution in [0.1, 0.15) is 12.8 Å². The molecule has 12 N–H and O–H groups in total. The third-order valence-corrected chi connectivity index (χ3v) is 5.33. The molecule has 9 atom stereocenters. The minimum Gasteiger partial charge on any atom is -0.506 e. The van der Waals surface area contributed by atoms with E-state index < -0.39 is 105 Å². The van der Waals surface area contributed by atoms with E-state index in [0.717, 1.165) is 0 Å². The van der Waals surface area contributed by atoms with Crippen LogP contribution >= 0.6 is 23.0 Å². The summed E-state index contributed by atoms with van der Waals surface area (Å²) >= 11 is 1.23. The Labute approximate surface area is 212 Å². The maximum atomic E-state index is 10.3. The number of halogens is 1. The molecule has 0 aromatic carbocycles. The van der Waals surface area contributed by atoms with Gasteiger partial charge in [-0.05, 0) is 0 Å². The van der Waals surface area contributed by atoms with E-state index in [0.29, 0.717) is 0 Å². The van der Waals surface area contributed by atoms with Crippen molar-refractivity contribution in [3.63, 3.8) is 0 Å². The summed E-state index contributed by atoms with van der Waals surface area (Å²) < 4.78 is 19.6. The van der Waals surface area contributed by atoms with Gasteiger partial charge in [0.15, 0.2) is 23.0 Å². The van der Waals surface area contributed by atoms with Gasteiger partial charge in [0.05, 0.1) is 13.2 Å². The predicted octanol–water partition coefficient (Wildman–Crippen LogP) is -3.59. The molecule has 0 aromatic heterocycles. The number of hydrogen-bond acceptors (Lipinski definition) is 16. The smallest absolute Gasteiger partial charge is 0.229 e. The molecule has 1 aliphatic heterocycles. The Morgan fingerprint density at radius 2 is 1.40 bits per heavy atom. The molecule has 0 radical (unpaired) electrons. The predicted molar refractivity (Wildman–Crippen MR) is 118 cm³/mol. The lowest BCUT2D eigenvalue weighted by Gasteiger charge is -2.40. The zero-order valence-electron chi connectivity index (χ0n) is 18.1. The highest BCUT2D eigenvalue weighted by atomic mass is 127. The Balaban J connectivity index is 2.89. The molecule has 0 bridgehead atoms. The molecule has 0 aromatic rings. The number of aliphatic hydroxyl groups excluding tert-OH is 12. The van der Waals surface area contributed by atoms with Gasteiger partial charge in [-0.25, -0.2) is 0 Å². The Kier molecular flexibility index (Phi) is 13.9. The molecular formula is C18H31IO16. The third-order valence-electron chi connectivity index (χ3n) is 4.85. The van der Waals surface area contributed by atoms with Crippen molar-refractivity contribution in [1.82, 2.24) is 0 Å². The standard InChI is InChI=1S/C18H31IO16/c19-35-17(31)15(34-18-14(29)12(27)11(26)8(5-21)33-18)10(25)7(23)2-4-32-16(30)13(28)9(24)6(22)1-3-20/h6-8,11-12,14,16-18,20-31H,1-5H2/b13-9-,15-10+. The lowest BCUT2D eigenvalue weighted by atomic mass is 9.99. The number of hydrogen-bond donors (Lipinski definition) is 12. The van der Waals surface area contributed by atoms with Crippen LogP contribution in [0.3, 0.4) is 0 Å². The highest BCUT2D eigenvalue weighted by molar-refractivity contribution is 14.1. The molecular weight excluding hydrogens is 599 g/mol. The van der Waals surface area contributed by atoms with Crippen LogP contribution in [-0.4, -0.2) is 137 Å². The fourth-order valence-electron chi connectivity index (χ4n) is 2.80. The normalized spacial score (nSPS) is 30.1. The zero-order valence-corrected chi connectivity index (χ0v) is 20.3. The van der Waals surface area contributed by atoms with Gasteiger partial charge < -0.3 is 75.5 Å². The largest absolute Gasteiger partial charge is 0.506 e. The van der Waals surface area contributed by atoms with E-state index in [4.69, 9.17) is 19.3 Å². The van der Waals surface area contributed by atoms with Crippen LogP contribution in [0.5, 0.6) is 0 Å². The quantitative estimate of drug-likeness (QED) is 0.0502. The van der Waals surface area contributed by atoms with E-state index in [2.05, 4.69) is 3.07 Å². The van der Waals surface area contributed by atoms with Crippen LogP contribution in [0.2, 0.25) is 0 Å². The fourth-order valence-corrected chi connectivity index (χ4v) is 3.03. The van der Waals surface area contributed by atoms with Gasteiger partial charge in [0.2, 0.25) is 18.9 Å². The fraction of sp³-hybridized carbons (Fsp3) is 0.778. The average molecular weight is 630 g/mol. The average Bonchev–Trinajstić information content (AvgIpc) is 2.85. The molecule has 1 aliphatic rings. The molecule has 0 spiro atoms. The summed E-state index contributed by atoms with van der Waals surface area (Å²) in [6, 6.07) is 0. The zero-order chi connectivity index (χ0) is 26.9. The molecule has 1 fully saturated rings. The first-order valence-electron chi connectivity index (χ1n) is 10.1. The monoisotopic (exact) mass is 630 g/mol. The van der Waals surface area contributed by atoms with E-state index in [1.165, 1.54) is 23.0 Å². The van der Waals surface area contributed by atoms with Crippen molar-refractivity contribution < 1.29 is 78.6 Å². The van der Waals surface area contributed by atoms with E-state index in [1.807, 2.05) is 0 Å². The second-order valence-corrected chi connectivity index (χ2v) is 7.84. The summed E-state index contributed by atoms with van der Waals surface area (Å²) in [7, 11) is 0. The Morgan fingerprint density at radius 3 is 1.94 bits per heavy atom. The maximum absolute atomic E-state index is 10.3. The van der Waals surface area contributed by atoms with Crippen molar-refractivity contribution in [3.8, 4) is 0 Å². The van der Waals surface area contributed by atoms with Crippen molar-refractivity contribution >= 4 is 23.0 Å². The van der Waals surface area contributed by atoms with Gasteiger partial charge >= 0.3 is 0 Å². The second-order valence-electron chi connectivity index (χ2n) is 7.33. The minimum absolute atomic E-state index is 0.335.